The molecular weight excluding hydrogens is 619 g/mol. The summed E-state index contributed by atoms with van der Waals surface area (Å²) in [5.41, 5.74) is 3.09. The number of nitrogens with one attached hydrogen (secondary N) is 2. The van der Waals surface area contributed by atoms with Crippen LogP contribution in [0.5, 0.6) is 5.75 Å². The van der Waals surface area contributed by atoms with Crippen LogP contribution < -0.4 is 10.2 Å². The molecule has 0 unspecified atom stereocenters. The number of hydrogen-bond donors (Lipinski definition) is 3. The van der Waals surface area contributed by atoms with Crippen molar-refractivity contribution in [3.05, 3.63) is 98.9 Å². The number of aromatic hydroxyl groups is 1. The molecule has 0 spiro atoms. The Morgan fingerprint density at radius 3 is 2.51 bits per heavy atom. The highest BCUT2D eigenvalue weighted by molar-refractivity contribution is 7.16. The lowest BCUT2D eigenvalue weighted by atomic mass is 9.94. The van der Waals surface area contributed by atoms with E-state index in [1.54, 1.807) is 17.0 Å². The van der Waals surface area contributed by atoms with Crippen LogP contribution in [0.2, 0.25) is 0 Å². The van der Waals surface area contributed by atoms with Gasteiger partial charge in [0.2, 0.25) is 5.91 Å². The lowest BCUT2D eigenvalue weighted by Gasteiger charge is -2.35. The van der Waals surface area contributed by atoms with Gasteiger partial charge < -0.3 is 29.9 Å². The predicted octanol–water partition coefficient (Wildman–Crippen LogP) is 6.00. The molecule has 3 aromatic carbocycles. The standard InChI is InChI=1S/C36H43FN4O5S/c37-29-11-7-10-26(24-29)17-21-40(36(45)46-25-27-8-3-1-4-9-27)22-18-32(43)41(30-12-5-2-6-13-30)23-20-38-19-16-28-14-15-31(42)33-34(28)47-35(44)39-33/h1,3-4,7-11,14-15,24,30,38,42H,2,5-6,12-13,16-23,25H2,(H,39,44). The molecule has 1 saturated carbocycles. The zero-order valence-electron chi connectivity index (χ0n) is 26.6. The van der Waals surface area contributed by atoms with Crippen molar-refractivity contribution in [3.8, 4) is 5.75 Å². The van der Waals surface area contributed by atoms with Crippen LogP contribution >= 0.6 is 11.3 Å². The minimum Gasteiger partial charge on any atom is -0.506 e. The van der Waals surface area contributed by atoms with Gasteiger partial charge in [0.15, 0.2) is 0 Å². The fourth-order valence-corrected chi connectivity index (χ4v) is 7.05. The van der Waals surface area contributed by atoms with Crippen molar-refractivity contribution in [2.75, 3.05) is 32.7 Å². The molecule has 9 nitrogen and oxygen atoms in total. The third kappa shape index (κ3) is 9.89. The quantitative estimate of drug-likeness (QED) is 0.135. The Balaban J connectivity index is 1.18. The summed E-state index contributed by atoms with van der Waals surface area (Å²) in [6.45, 7) is 2.44. The van der Waals surface area contributed by atoms with E-state index >= 15 is 0 Å². The summed E-state index contributed by atoms with van der Waals surface area (Å²) in [5, 5.41) is 13.5. The van der Waals surface area contributed by atoms with Gasteiger partial charge in [-0.2, -0.15) is 0 Å². The van der Waals surface area contributed by atoms with Gasteiger partial charge in [-0.1, -0.05) is 79.1 Å². The average Bonchev–Trinajstić information content (AvgIpc) is 3.49. The van der Waals surface area contributed by atoms with Gasteiger partial charge >= 0.3 is 11.0 Å². The van der Waals surface area contributed by atoms with Crippen molar-refractivity contribution in [2.24, 2.45) is 0 Å². The summed E-state index contributed by atoms with van der Waals surface area (Å²) in [6, 6.07) is 19.4. The lowest BCUT2D eigenvalue weighted by molar-refractivity contribution is -0.134. The molecule has 2 amide bonds. The molecule has 0 saturated heterocycles. The summed E-state index contributed by atoms with van der Waals surface area (Å²) < 4.78 is 20.2. The number of aromatic nitrogens is 1. The van der Waals surface area contributed by atoms with Crippen LogP contribution in [0.15, 0.2) is 71.5 Å². The number of rotatable bonds is 15. The molecule has 3 N–H and O–H groups in total. The number of halogens is 1. The minimum atomic E-state index is -0.500. The number of carbonyl (C=O) groups excluding carboxylic acids is 2. The highest BCUT2D eigenvalue weighted by atomic mass is 32.1. The molecule has 11 heteroatoms. The molecule has 5 rings (SSSR count). The number of phenols is 1. The first-order valence-electron chi connectivity index (χ1n) is 16.4. The topological polar surface area (TPSA) is 115 Å². The first-order valence-corrected chi connectivity index (χ1v) is 17.2. The SMILES string of the molecule is O=C(OCc1ccccc1)N(CCC(=O)N(CCNCCc1ccc(O)c2[nH]c(=O)sc12)C1CCCCC1)CCc1cccc(F)c1. The second-order valence-corrected chi connectivity index (χ2v) is 13.0. The number of aromatic amines is 1. The van der Waals surface area contributed by atoms with Gasteiger partial charge in [0.1, 0.15) is 23.7 Å². The van der Waals surface area contributed by atoms with Crippen LogP contribution in [-0.4, -0.2) is 70.7 Å². The Morgan fingerprint density at radius 2 is 1.72 bits per heavy atom. The van der Waals surface area contributed by atoms with Crippen molar-refractivity contribution < 1.29 is 23.8 Å². The number of thiazole rings is 1. The number of nitrogens with zero attached hydrogens (tertiary/aromatic N) is 2. The summed E-state index contributed by atoms with van der Waals surface area (Å²) in [4.78, 5) is 44.8. The molecule has 1 aliphatic carbocycles. The number of hydrogen-bond acceptors (Lipinski definition) is 7. The summed E-state index contributed by atoms with van der Waals surface area (Å²) in [7, 11) is 0. The van der Waals surface area contributed by atoms with Crippen molar-refractivity contribution in [1.29, 1.82) is 0 Å². The van der Waals surface area contributed by atoms with Crippen LogP contribution in [0.1, 0.15) is 55.2 Å². The van der Waals surface area contributed by atoms with Gasteiger partial charge in [-0.25, -0.2) is 9.18 Å². The largest absolute Gasteiger partial charge is 0.506 e. The van der Waals surface area contributed by atoms with E-state index in [0.29, 0.717) is 44.5 Å². The highest BCUT2D eigenvalue weighted by Gasteiger charge is 2.26. The zero-order valence-corrected chi connectivity index (χ0v) is 27.4. The van der Waals surface area contributed by atoms with Crippen molar-refractivity contribution in [3.63, 3.8) is 0 Å². The third-order valence-electron chi connectivity index (χ3n) is 8.69. The molecule has 1 heterocycles. The number of H-pyrrole nitrogens is 1. The van der Waals surface area contributed by atoms with Crippen LogP contribution in [0.25, 0.3) is 10.2 Å². The highest BCUT2D eigenvalue weighted by Crippen LogP contribution is 2.28. The molecule has 250 valence electrons. The third-order valence-corrected chi connectivity index (χ3v) is 9.65. The molecule has 4 aromatic rings. The normalized spacial score (nSPS) is 13.5. The second-order valence-electron chi connectivity index (χ2n) is 12.0. The summed E-state index contributed by atoms with van der Waals surface area (Å²) >= 11 is 1.09. The molecule has 47 heavy (non-hydrogen) atoms. The molecule has 1 aromatic heterocycles. The molecule has 1 fully saturated rings. The molecule has 0 atom stereocenters. The monoisotopic (exact) mass is 662 g/mol. The maximum atomic E-state index is 13.8. The van der Waals surface area contributed by atoms with Crippen LogP contribution in [-0.2, 0) is 29.0 Å². The molecule has 0 aliphatic heterocycles. The second kappa shape index (κ2) is 17.1. The van der Waals surface area contributed by atoms with Crippen LogP contribution in [0.4, 0.5) is 9.18 Å². The Hall–Kier alpha value is -4.22. The fraction of sp³-hybridized carbons (Fsp3) is 0.417. The van der Waals surface area contributed by atoms with E-state index in [-0.39, 0.29) is 48.0 Å². The first kappa shape index (κ1) is 34.1. The van der Waals surface area contributed by atoms with Gasteiger partial charge in [-0.15, -0.1) is 0 Å². The van der Waals surface area contributed by atoms with Gasteiger partial charge in [0.25, 0.3) is 0 Å². The average molecular weight is 663 g/mol. The van der Waals surface area contributed by atoms with Gasteiger partial charge in [0, 0.05) is 38.6 Å². The number of phenolic OH excluding ortho intramolecular Hbond substituents is 1. The molecule has 0 radical (unpaired) electrons. The Labute approximate surface area is 278 Å². The Kier molecular flexibility index (Phi) is 12.4. The van der Waals surface area contributed by atoms with E-state index in [0.717, 1.165) is 58.4 Å². The van der Waals surface area contributed by atoms with Crippen LogP contribution in [0, 0.1) is 5.82 Å². The zero-order chi connectivity index (χ0) is 33.0. The minimum absolute atomic E-state index is 0.00246. The predicted molar refractivity (Wildman–Crippen MR) is 182 cm³/mol. The number of carbonyl (C=O) groups is 2. The van der Waals surface area contributed by atoms with Gasteiger partial charge in [-0.05, 0) is 67.1 Å². The summed E-state index contributed by atoms with van der Waals surface area (Å²) in [5.74, 6) is -0.262. The van der Waals surface area contributed by atoms with Crippen molar-refractivity contribution in [2.45, 2.75) is 64.0 Å². The van der Waals surface area contributed by atoms with E-state index in [1.807, 2.05) is 47.4 Å². The lowest BCUT2D eigenvalue weighted by Crippen LogP contribution is -2.46. The van der Waals surface area contributed by atoms with E-state index in [4.69, 9.17) is 4.74 Å². The Morgan fingerprint density at radius 1 is 0.936 bits per heavy atom. The van der Waals surface area contributed by atoms with E-state index in [1.165, 1.54) is 18.6 Å². The number of benzene rings is 3. The van der Waals surface area contributed by atoms with Gasteiger partial charge in [-0.3, -0.25) is 9.59 Å². The van der Waals surface area contributed by atoms with Gasteiger partial charge in [0.05, 0.1) is 4.70 Å². The maximum absolute atomic E-state index is 13.8. The Bertz CT molecular complexity index is 1670. The molecule has 1 aliphatic rings. The number of ether oxygens (including phenoxy) is 1. The van der Waals surface area contributed by atoms with Crippen molar-refractivity contribution >= 4 is 33.6 Å². The summed E-state index contributed by atoms with van der Waals surface area (Å²) in [6.07, 6.45) is 6.05. The maximum Gasteiger partial charge on any atom is 0.410 e. The van der Waals surface area contributed by atoms with E-state index in [2.05, 4.69) is 10.3 Å². The smallest absolute Gasteiger partial charge is 0.410 e. The fourth-order valence-electron chi connectivity index (χ4n) is 6.16. The number of fused-ring (bicyclic) bond motifs is 1. The van der Waals surface area contributed by atoms with Crippen molar-refractivity contribution in [1.82, 2.24) is 20.1 Å². The molecule has 0 bridgehead atoms. The van der Waals surface area contributed by atoms with E-state index < -0.39 is 6.09 Å². The van der Waals surface area contributed by atoms with Crippen LogP contribution in [0.3, 0.4) is 0 Å². The number of amides is 2. The van der Waals surface area contributed by atoms with E-state index in [9.17, 15) is 23.9 Å². The first-order chi connectivity index (χ1) is 22.9. The molecular formula is C36H43FN4O5S.